The van der Waals surface area contributed by atoms with Crippen molar-refractivity contribution in [1.29, 1.82) is 0 Å². The van der Waals surface area contributed by atoms with Gasteiger partial charge in [0.05, 0.1) is 6.54 Å². The van der Waals surface area contributed by atoms with Crippen LogP contribution in [0.25, 0.3) is 0 Å². The van der Waals surface area contributed by atoms with Gasteiger partial charge in [-0.25, -0.2) is 9.97 Å². The van der Waals surface area contributed by atoms with Gasteiger partial charge in [-0.15, -0.1) is 0 Å². The highest BCUT2D eigenvalue weighted by atomic mass is 16.2. The minimum atomic E-state index is 0.0103. The van der Waals surface area contributed by atoms with E-state index in [0.29, 0.717) is 24.7 Å². The third kappa shape index (κ3) is 2.15. The molecule has 6 heteroatoms. The first kappa shape index (κ1) is 9.70. The van der Waals surface area contributed by atoms with Crippen molar-refractivity contribution in [3.63, 3.8) is 0 Å². The van der Waals surface area contributed by atoms with E-state index in [1.165, 1.54) is 0 Å². The highest BCUT2D eigenvalue weighted by Crippen LogP contribution is 2.14. The summed E-state index contributed by atoms with van der Waals surface area (Å²) in [6.45, 7) is 3.50. The largest absolute Gasteiger partial charge is 0.384 e. The van der Waals surface area contributed by atoms with Crippen LogP contribution >= 0.6 is 0 Å². The van der Waals surface area contributed by atoms with Gasteiger partial charge in [0.1, 0.15) is 17.5 Å². The topological polar surface area (TPSA) is 84.1 Å². The molecule has 1 saturated heterocycles. The SMILES string of the molecule is Cc1nc(N)cc(N2CCNC(=O)C2)n1. The fraction of sp³-hybridized carbons (Fsp3) is 0.444. The van der Waals surface area contributed by atoms with E-state index >= 15 is 0 Å². The zero-order valence-corrected chi connectivity index (χ0v) is 8.53. The molecule has 80 valence electrons. The van der Waals surface area contributed by atoms with E-state index in [1.807, 2.05) is 4.90 Å². The standard InChI is InChI=1S/C9H13N5O/c1-6-12-7(10)4-8(13-6)14-3-2-11-9(15)5-14/h4H,2-3,5H2,1H3,(H,11,15)(H2,10,12,13). The zero-order valence-electron chi connectivity index (χ0n) is 8.53. The Labute approximate surface area is 87.5 Å². The summed E-state index contributed by atoms with van der Waals surface area (Å²) in [4.78, 5) is 21.3. The van der Waals surface area contributed by atoms with Crippen molar-refractivity contribution in [3.05, 3.63) is 11.9 Å². The summed E-state index contributed by atoms with van der Waals surface area (Å²) in [5.41, 5.74) is 5.62. The van der Waals surface area contributed by atoms with E-state index < -0.39 is 0 Å². The molecule has 1 aromatic rings. The molecule has 0 atom stereocenters. The molecule has 1 amide bonds. The van der Waals surface area contributed by atoms with E-state index in [-0.39, 0.29) is 5.91 Å². The molecule has 0 aliphatic carbocycles. The van der Waals surface area contributed by atoms with E-state index in [2.05, 4.69) is 15.3 Å². The molecular weight excluding hydrogens is 194 g/mol. The van der Waals surface area contributed by atoms with Crippen molar-refractivity contribution < 1.29 is 4.79 Å². The predicted octanol–water partition coefficient (Wildman–Crippen LogP) is -0.697. The summed E-state index contributed by atoms with van der Waals surface area (Å²) in [7, 11) is 0. The van der Waals surface area contributed by atoms with Crippen molar-refractivity contribution in [2.45, 2.75) is 6.92 Å². The molecule has 3 N–H and O–H groups in total. The van der Waals surface area contributed by atoms with E-state index in [9.17, 15) is 4.79 Å². The maximum absolute atomic E-state index is 11.2. The predicted molar refractivity (Wildman–Crippen MR) is 56.4 cm³/mol. The highest BCUT2D eigenvalue weighted by molar-refractivity contribution is 5.82. The number of nitrogens with one attached hydrogen (secondary N) is 1. The van der Waals surface area contributed by atoms with Crippen molar-refractivity contribution in [3.8, 4) is 0 Å². The molecule has 0 spiro atoms. The number of carbonyl (C=O) groups is 1. The highest BCUT2D eigenvalue weighted by Gasteiger charge is 2.17. The van der Waals surface area contributed by atoms with Crippen LogP contribution in [0.3, 0.4) is 0 Å². The van der Waals surface area contributed by atoms with Crippen LogP contribution < -0.4 is 16.0 Å². The van der Waals surface area contributed by atoms with Crippen LogP contribution in [-0.2, 0) is 4.79 Å². The van der Waals surface area contributed by atoms with E-state index in [0.717, 1.165) is 12.4 Å². The quantitative estimate of drug-likeness (QED) is 0.636. The van der Waals surface area contributed by atoms with E-state index in [1.54, 1.807) is 13.0 Å². The number of hydrogen-bond acceptors (Lipinski definition) is 5. The smallest absolute Gasteiger partial charge is 0.239 e. The Morgan fingerprint density at radius 2 is 2.33 bits per heavy atom. The van der Waals surface area contributed by atoms with Gasteiger partial charge in [-0.2, -0.15) is 0 Å². The molecule has 0 bridgehead atoms. The molecular formula is C9H13N5O. The number of nitrogen functional groups attached to an aromatic ring is 1. The molecule has 1 aliphatic rings. The van der Waals surface area contributed by atoms with Crippen LogP contribution in [0.5, 0.6) is 0 Å². The van der Waals surface area contributed by atoms with Gasteiger partial charge in [0, 0.05) is 19.2 Å². The Morgan fingerprint density at radius 1 is 1.53 bits per heavy atom. The van der Waals surface area contributed by atoms with Gasteiger partial charge < -0.3 is 16.0 Å². The molecule has 0 aromatic carbocycles. The number of aryl methyl sites for hydroxylation is 1. The maximum atomic E-state index is 11.2. The minimum absolute atomic E-state index is 0.0103. The second-order valence-electron chi connectivity index (χ2n) is 3.47. The third-order valence-electron chi connectivity index (χ3n) is 2.21. The molecule has 6 nitrogen and oxygen atoms in total. The Kier molecular flexibility index (Phi) is 2.40. The average Bonchev–Trinajstić information content (AvgIpc) is 2.16. The fourth-order valence-electron chi connectivity index (χ4n) is 1.57. The molecule has 0 unspecified atom stereocenters. The van der Waals surface area contributed by atoms with Crippen LogP contribution in [0, 0.1) is 6.92 Å². The number of piperazine rings is 1. The van der Waals surface area contributed by atoms with Gasteiger partial charge in [0.25, 0.3) is 0 Å². The van der Waals surface area contributed by atoms with Crippen molar-refractivity contribution in [2.75, 3.05) is 30.3 Å². The van der Waals surface area contributed by atoms with Gasteiger partial charge >= 0.3 is 0 Å². The lowest BCUT2D eigenvalue weighted by Crippen LogP contribution is -2.48. The number of nitrogens with two attached hydrogens (primary N) is 1. The number of rotatable bonds is 1. The lowest BCUT2D eigenvalue weighted by molar-refractivity contribution is -0.120. The Hall–Kier alpha value is -1.85. The van der Waals surface area contributed by atoms with E-state index in [4.69, 9.17) is 5.73 Å². The van der Waals surface area contributed by atoms with Crippen LogP contribution in [0.15, 0.2) is 6.07 Å². The molecule has 1 aliphatic heterocycles. The Balaban J connectivity index is 2.24. The lowest BCUT2D eigenvalue weighted by Gasteiger charge is -2.27. The summed E-state index contributed by atoms with van der Waals surface area (Å²) >= 11 is 0. The molecule has 1 fully saturated rings. The Morgan fingerprint density at radius 3 is 3.00 bits per heavy atom. The minimum Gasteiger partial charge on any atom is -0.384 e. The van der Waals surface area contributed by atoms with Crippen LogP contribution in [0.1, 0.15) is 5.82 Å². The first-order valence-corrected chi connectivity index (χ1v) is 4.78. The van der Waals surface area contributed by atoms with Crippen molar-refractivity contribution in [1.82, 2.24) is 15.3 Å². The number of amides is 1. The maximum Gasteiger partial charge on any atom is 0.239 e. The second kappa shape index (κ2) is 3.72. The monoisotopic (exact) mass is 207 g/mol. The number of carbonyl (C=O) groups excluding carboxylic acids is 1. The average molecular weight is 207 g/mol. The van der Waals surface area contributed by atoms with Crippen molar-refractivity contribution >= 4 is 17.5 Å². The first-order valence-electron chi connectivity index (χ1n) is 4.78. The van der Waals surface area contributed by atoms with Gasteiger partial charge in [-0.3, -0.25) is 4.79 Å². The van der Waals surface area contributed by atoms with Crippen LogP contribution in [-0.4, -0.2) is 35.5 Å². The number of anilines is 2. The molecule has 2 heterocycles. The zero-order chi connectivity index (χ0) is 10.8. The van der Waals surface area contributed by atoms with Gasteiger partial charge in [-0.05, 0) is 6.92 Å². The summed E-state index contributed by atoms with van der Waals surface area (Å²) in [6.07, 6.45) is 0. The van der Waals surface area contributed by atoms with Crippen LogP contribution in [0.2, 0.25) is 0 Å². The summed E-state index contributed by atoms with van der Waals surface area (Å²) < 4.78 is 0. The normalized spacial score (nSPS) is 16.3. The second-order valence-corrected chi connectivity index (χ2v) is 3.47. The van der Waals surface area contributed by atoms with Crippen LogP contribution in [0.4, 0.5) is 11.6 Å². The Bertz CT molecular complexity index is 372. The molecule has 15 heavy (non-hydrogen) atoms. The number of nitrogens with zero attached hydrogens (tertiary/aromatic N) is 3. The van der Waals surface area contributed by atoms with Gasteiger partial charge in [0.2, 0.25) is 5.91 Å². The van der Waals surface area contributed by atoms with Crippen molar-refractivity contribution in [2.24, 2.45) is 0 Å². The number of hydrogen-bond donors (Lipinski definition) is 2. The molecule has 0 saturated carbocycles. The van der Waals surface area contributed by atoms with Gasteiger partial charge in [0.15, 0.2) is 0 Å². The van der Waals surface area contributed by atoms with Gasteiger partial charge in [-0.1, -0.05) is 0 Å². The summed E-state index contributed by atoms with van der Waals surface area (Å²) in [5.74, 6) is 1.78. The molecule has 0 radical (unpaired) electrons. The molecule has 2 rings (SSSR count). The first-order chi connectivity index (χ1) is 7.15. The number of aromatic nitrogens is 2. The third-order valence-corrected chi connectivity index (χ3v) is 2.21. The molecule has 1 aromatic heterocycles. The summed E-state index contributed by atoms with van der Waals surface area (Å²) in [5, 5.41) is 2.76. The summed E-state index contributed by atoms with van der Waals surface area (Å²) in [6, 6.07) is 1.69. The lowest BCUT2D eigenvalue weighted by atomic mass is 10.3. The fourth-order valence-corrected chi connectivity index (χ4v) is 1.57.